The molecule has 1 saturated heterocycles. The summed E-state index contributed by atoms with van der Waals surface area (Å²) >= 11 is 0. The number of ether oxygens (including phenoxy) is 1. The maximum Gasteiger partial charge on any atom is 0.138 e. The van der Waals surface area contributed by atoms with Crippen LogP contribution in [0.5, 0.6) is 0 Å². The SMILES string of the molecule is CCC[C@@H]1CC(=O)[C@H](C2OC(CO)C(O)C(O)C2O)C[C@@H]1CC. The van der Waals surface area contributed by atoms with Gasteiger partial charge in [-0.25, -0.2) is 0 Å². The predicted octanol–water partition coefficient (Wildman–Crippen LogP) is 0.250. The normalized spacial score (nSPS) is 45.2. The van der Waals surface area contributed by atoms with Gasteiger partial charge >= 0.3 is 0 Å². The molecule has 4 N–H and O–H groups in total. The lowest BCUT2D eigenvalue weighted by molar-refractivity contribution is -0.242. The molecule has 6 heteroatoms. The fourth-order valence-corrected chi connectivity index (χ4v) is 4.22. The molecule has 1 aliphatic carbocycles. The molecule has 1 saturated carbocycles. The molecule has 0 aromatic rings. The smallest absolute Gasteiger partial charge is 0.138 e. The van der Waals surface area contributed by atoms with Gasteiger partial charge in [0, 0.05) is 12.3 Å². The molecule has 134 valence electrons. The third-order valence-electron chi connectivity index (χ3n) is 5.61. The summed E-state index contributed by atoms with van der Waals surface area (Å²) in [6.07, 6.45) is -1.78. The summed E-state index contributed by atoms with van der Waals surface area (Å²) in [7, 11) is 0. The lowest BCUT2D eigenvalue weighted by Crippen LogP contribution is -2.61. The Labute approximate surface area is 137 Å². The van der Waals surface area contributed by atoms with Crippen molar-refractivity contribution in [2.75, 3.05) is 6.61 Å². The van der Waals surface area contributed by atoms with E-state index in [0.29, 0.717) is 24.7 Å². The zero-order chi connectivity index (χ0) is 17.1. The van der Waals surface area contributed by atoms with Crippen molar-refractivity contribution in [3.05, 3.63) is 0 Å². The first-order valence-electron chi connectivity index (χ1n) is 8.77. The second kappa shape index (κ2) is 8.03. The predicted molar refractivity (Wildman–Crippen MR) is 83.7 cm³/mol. The fraction of sp³-hybridized carbons (Fsp3) is 0.941. The van der Waals surface area contributed by atoms with E-state index in [9.17, 15) is 25.2 Å². The Kier molecular flexibility index (Phi) is 6.57. The van der Waals surface area contributed by atoms with Crippen LogP contribution >= 0.6 is 0 Å². The van der Waals surface area contributed by atoms with Gasteiger partial charge in [0.25, 0.3) is 0 Å². The fourth-order valence-electron chi connectivity index (χ4n) is 4.22. The quantitative estimate of drug-likeness (QED) is 0.576. The van der Waals surface area contributed by atoms with Crippen molar-refractivity contribution >= 4 is 5.78 Å². The molecule has 23 heavy (non-hydrogen) atoms. The van der Waals surface area contributed by atoms with Crippen LogP contribution in [0.3, 0.4) is 0 Å². The van der Waals surface area contributed by atoms with Gasteiger partial charge in [-0.1, -0.05) is 33.1 Å². The van der Waals surface area contributed by atoms with Gasteiger partial charge in [-0.15, -0.1) is 0 Å². The number of aliphatic hydroxyl groups excluding tert-OH is 4. The van der Waals surface area contributed by atoms with E-state index < -0.39 is 43.0 Å². The first kappa shape index (κ1) is 18.8. The highest BCUT2D eigenvalue weighted by molar-refractivity contribution is 5.82. The first-order chi connectivity index (χ1) is 10.9. The number of carbonyl (C=O) groups is 1. The lowest BCUT2D eigenvalue weighted by Gasteiger charge is -2.45. The van der Waals surface area contributed by atoms with Gasteiger partial charge in [-0.2, -0.15) is 0 Å². The van der Waals surface area contributed by atoms with Crippen LogP contribution in [0.1, 0.15) is 46.0 Å². The van der Waals surface area contributed by atoms with E-state index >= 15 is 0 Å². The summed E-state index contributed by atoms with van der Waals surface area (Å²) in [6.45, 7) is 3.76. The molecule has 1 heterocycles. The van der Waals surface area contributed by atoms with Crippen molar-refractivity contribution < 1.29 is 30.0 Å². The summed E-state index contributed by atoms with van der Waals surface area (Å²) in [4.78, 5) is 12.6. The Morgan fingerprint density at radius 3 is 2.35 bits per heavy atom. The number of aliphatic hydroxyl groups is 4. The monoisotopic (exact) mass is 330 g/mol. The van der Waals surface area contributed by atoms with Gasteiger partial charge in [-0.3, -0.25) is 4.79 Å². The van der Waals surface area contributed by atoms with Crippen molar-refractivity contribution in [3.63, 3.8) is 0 Å². The molecule has 0 amide bonds. The van der Waals surface area contributed by atoms with Crippen LogP contribution in [0.2, 0.25) is 0 Å². The number of hydrogen-bond acceptors (Lipinski definition) is 6. The van der Waals surface area contributed by atoms with Gasteiger partial charge in [0.15, 0.2) is 0 Å². The highest BCUT2D eigenvalue weighted by Gasteiger charge is 2.50. The van der Waals surface area contributed by atoms with E-state index in [2.05, 4.69) is 13.8 Å². The van der Waals surface area contributed by atoms with Gasteiger partial charge in [0.05, 0.1) is 12.7 Å². The number of carbonyl (C=O) groups excluding carboxylic acids is 1. The summed E-state index contributed by atoms with van der Waals surface area (Å²) in [5.74, 6) is 0.334. The molecule has 0 bridgehead atoms. The third-order valence-corrected chi connectivity index (χ3v) is 5.61. The summed E-state index contributed by atoms with van der Waals surface area (Å²) < 4.78 is 5.60. The molecule has 0 radical (unpaired) electrons. The standard InChI is InChI=1S/C17H30O6/c1-3-5-10-7-12(19)11(6-9(10)4-2)17-16(22)15(21)14(20)13(8-18)23-17/h9-11,13-18,20-22H,3-8H2,1-2H3/t9-,10+,11+,13?,14?,15?,16?,17?/m0/s1. The van der Waals surface area contributed by atoms with Crippen LogP contribution in [0.4, 0.5) is 0 Å². The topological polar surface area (TPSA) is 107 Å². The second-order valence-corrected chi connectivity index (χ2v) is 7.02. The summed E-state index contributed by atoms with van der Waals surface area (Å²) in [5, 5.41) is 39.4. The van der Waals surface area contributed by atoms with Crippen molar-refractivity contribution in [1.82, 2.24) is 0 Å². The van der Waals surface area contributed by atoms with Crippen molar-refractivity contribution in [2.45, 2.75) is 76.5 Å². The third kappa shape index (κ3) is 3.77. The molecule has 0 aromatic carbocycles. The van der Waals surface area contributed by atoms with E-state index in [4.69, 9.17) is 4.74 Å². The van der Waals surface area contributed by atoms with E-state index in [0.717, 1.165) is 19.3 Å². The van der Waals surface area contributed by atoms with Gasteiger partial charge in [-0.05, 0) is 18.3 Å². The lowest BCUT2D eigenvalue weighted by atomic mass is 9.67. The highest BCUT2D eigenvalue weighted by atomic mass is 16.5. The molecular formula is C17H30O6. The Bertz CT molecular complexity index is 399. The summed E-state index contributed by atoms with van der Waals surface area (Å²) in [5.41, 5.74) is 0. The number of ketones is 1. The van der Waals surface area contributed by atoms with Crippen molar-refractivity contribution in [3.8, 4) is 0 Å². The van der Waals surface area contributed by atoms with Crippen molar-refractivity contribution in [2.24, 2.45) is 17.8 Å². The van der Waals surface area contributed by atoms with Gasteiger partial charge < -0.3 is 25.2 Å². The first-order valence-corrected chi connectivity index (χ1v) is 8.77. The van der Waals surface area contributed by atoms with Crippen LogP contribution in [0.25, 0.3) is 0 Å². The molecule has 2 aliphatic rings. The Morgan fingerprint density at radius 1 is 1.09 bits per heavy atom. The average Bonchev–Trinajstić information content (AvgIpc) is 2.54. The van der Waals surface area contributed by atoms with E-state index in [1.54, 1.807) is 0 Å². The summed E-state index contributed by atoms with van der Waals surface area (Å²) in [6, 6.07) is 0. The molecular weight excluding hydrogens is 300 g/mol. The molecule has 2 fully saturated rings. The van der Waals surface area contributed by atoms with Crippen LogP contribution < -0.4 is 0 Å². The van der Waals surface area contributed by atoms with Crippen molar-refractivity contribution in [1.29, 1.82) is 0 Å². The van der Waals surface area contributed by atoms with Crippen LogP contribution in [-0.2, 0) is 9.53 Å². The molecule has 0 spiro atoms. The average molecular weight is 330 g/mol. The zero-order valence-electron chi connectivity index (χ0n) is 14.0. The molecule has 2 rings (SSSR count). The Hall–Kier alpha value is -0.530. The Morgan fingerprint density at radius 2 is 1.78 bits per heavy atom. The van der Waals surface area contributed by atoms with Crippen LogP contribution in [-0.4, -0.2) is 63.3 Å². The van der Waals surface area contributed by atoms with E-state index in [1.165, 1.54) is 0 Å². The minimum Gasteiger partial charge on any atom is -0.394 e. The van der Waals surface area contributed by atoms with E-state index in [-0.39, 0.29) is 5.78 Å². The molecule has 8 atom stereocenters. The van der Waals surface area contributed by atoms with E-state index in [1.807, 2.05) is 0 Å². The second-order valence-electron chi connectivity index (χ2n) is 7.02. The molecule has 1 aliphatic heterocycles. The van der Waals surface area contributed by atoms with Crippen LogP contribution in [0.15, 0.2) is 0 Å². The number of hydrogen-bond donors (Lipinski definition) is 4. The maximum atomic E-state index is 12.6. The largest absolute Gasteiger partial charge is 0.394 e. The highest BCUT2D eigenvalue weighted by Crippen LogP contribution is 2.40. The minimum absolute atomic E-state index is 0.0532. The zero-order valence-corrected chi connectivity index (χ0v) is 14.0. The van der Waals surface area contributed by atoms with Gasteiger partial charge in [0.2, 0.25) is 0 Å². The molecule has 0 aromatic heterocycles. The van der Waals surface area contributed by atoms with Gasteiger partial charge in [0.1, 0.15) is 30.2 Å². The Balaban J connectivity index is 2.14. The molecule has 6 nitrogen and oxygen atoms in total. The maximum absolute atomic E-state index is 12.6. The number of Topliss-reactive ketones (excluding diaryl/α,β-unsaturated/α-hetero) is 1. The minimum atomic E-state index is -1.41. The number of rotatable bonds is 5. The van der Waals surface area contributed by atoms with Crippen LogP contribution in [0, 0.1) is 17.8 Å². The molecule has 5 unspecified atom stereocenters.